The van der Waals surface area contributed by atoms with Crippen LogP contribution in [0.4, 0.5) is 5.69 Å². The SMILES string of the molecule is Cc1nc(-c2ccccc2NC(=O)c2cc(=O)[nH]c(=O)[nH]2)cs1. The quantitative estimate of drug-likeness (QED) is 0.680. The minimum absolute atomic E-state index is 0.108. The lowest BCUT2D eigenvalue weighted by molar-refractivity contribution is 0.102. The summed E-state index contributed by atoms with van der Waals surface area (Å²) in [5.41, 5.74) is 0.584. The van der Waals surface area contributed by atoms with Crippen molar-refractivity contribution in [2.75, 3.05) is 5.32 Å². The molecule has 0 saturated carbocycles. The Balaban J connectivity index is 1.96. The van der Waals surface area contributed by atoms with E-state index in [1.807, 2.05) is 29.4 Å². The number of aromatic nitrogens is 3. The van der Waals surface area contributed by atoms with E-state index >= 15 is 0 Å². The van der Waals surface area contributed by atoms with Gasteiger partial charge in [0.05, 0.1) is 16.4 Å². The van der Waals surface area contributed by atoms with Crippen LogP contribution in [0.15, 0.2) is 45.3 Å². The van der Waals surface area contributed by atoms with Crippen LogP contribution < -0.4 is 16.6 Å². The topological polar surface area (TPSA) is 108 Å². The second-order valence-corrected chi connectivity index (χ2v) is 5.82. The Bertz CT molecular complexity index is 958. The molecule has 0 aliphatic heterocycles. The van der Waals surface area contributed by atoms with Gasteiger partial charge in [0.1, 0.15) is 5.69 Å². The molecule has 0 fully saturated rings. The second kappa shape index (κ2) is 6.01. The molecule has 0 aliphatic carbocycles. The largest absolute Gasteiger partial charge is 0.326 e. The minimum atomic E-state index is -0.730. The van der Waals surface area contributed by atoms with E-state index in [9.17, 15) is 14.4 Å². The Labute approximate surface area is 134 Å². The third-order valence-electron chi connectivity index (χ3n) is 3.08. The lowest BCUT2D eigenvalue weighted by Gasteiger charge is -2.09. The molecule has 2 aromatic heterocycles. The number of aryl methyl sites for hydroxylation is 1. The van der Waals surface area contributed by atoms with Crippen molar-refractivity contribution >= 4 is 22.9 Å². The van der Waals surface area contributed by atoms with Crippen LogP contribution in [0.1, 0.15) is 15.5 Å². The van der Waals surface area contributed by atoms with Crippen LogP contribution in [0.5, 0.6) is 0 Å². The van der Waals surface area contributed by atoms with E-state index < -0.39 is 17.2 Å². The molecule has 23 heavy (non-hydrogen) atoms. The molecule has 3 N–H and O–H groups in total. The molecule has 3 aromatic rings. The molecule has 0 atom stereocenters. The molecule has 0 bridgehead atoms. The summed E-state index contributed by atoms with van der Waals surface area (Å²) in [6.07, 6.45) is 0. The fraction of sp³-hybridized carbons (Fsp3) is 0.0667. The van der Waals surface area contributed by atoms with Gasteiger partial charge in [0.25, 0.3) is 11.5 Å². The molecular weight excluding hydrogens is 316 g/mol. The first-order chi connectivity index (χ1) is 11.0. The molecule has 116 valence electrons. The van der Waals surface area contributed by atoms with E-state index in [-0.39, 0.29) is 5.69 Å². The Morgan fingerprint density at radius 3 is 2.70 bits per heavy atom. The summed E-state index contributed by atoms with van der Waals surface area (Å²) in [5.74, 6) is -0.576. The Kier molecular flexibility index (Phi) is 3.90. The number of anilines is 1. The van der Waals surface area contributed by atoms with Gasteiger partial charge in [0.15, 0.2) is 0 Å². The molecule has 0 radical (unpaired) electrons. The molecule has 7 nitrogen and oxygen atoms in total. The maximum Gasteiger partial charge on any atom is 0.326 e. The highest BCUT2D eigenvalue weighted by Crippen LogP contribution is 2.28. The summed E-state index contributed by atoms with van der Waals surface area (Å²) >= 11 is 1.51. The fourth-order valence-corrected chi connectivity index (χ4v) is 2.70. The first-order valence-electron chi connectivity index (χ1n) is 6.69. The monoisotopic (exact) mass is 328 g/mol. The lowest BCUT2D eigenvalue weighted by atomic mass is 10.1. The Morgan fingerprint density at radius 1 is 1.22 bits per heavy atom. The Morgan fingerprint density at radius 2 is 2.00 bits per heavy atom. The van der Waals surface area contributed by atoms with Crippen LogP contribution in [0, 0.1) is 6.92 Å². The number of amides is 1. The predicted octanol–water partition coefficient (Wildman–Crippen LogP) is 1.75. The van der Waals surface area contributed by atoms with Crippen LogP contribution in [-0.4, -0.2) is 20.9 Å². The number of H-pyrrole nitrogens is 2. The fourth-order valence-electron chi connectivity index (χ4n) is 2.08. The van der Waals surface area contributed by atoms with E-state index in [2.05, 4.69) is 15.3 Å². The van der Waals surface area contributed by atoms with Crippen LogP contribution in [-0.2, 0) is 0 Å². The molecule has 0 aliphatic rings. The number of nitrogens with zero attached hydrogens (tertiary/aromatic N) is 1. The first-order valence-corrected chi connectivity index (χ1v) is 7.57. The standard InChI is InChI=1S/C15H12N4O3S/c1-8-16-12(7-23-8)9-4-2-3-5-10(9)17-14(21)11-6-13(20)19-15(22)18-11/h2-7H,1H3,(H,17,21)(H2,18,19,20,22). The molecule has 8 heteroatoms. The third kappa shape index (κ3) is 3.27. The van der Waals surface area contributed by atoms with Gasteiger partial charge in [-0.2, -0.15) is 0 Å². The molecule has 2 heterocycles. The number of hydrogen-bond donors (Lipinski definition) is 3. The summed E-state index contributed by atoms with van der Waals surface area (Å²) in [5, 5.41) is 5.51. The van der Waals surface area contributed by atoms with E-state index in [0.29, 0.717) is 5.69 Å². The van der Waals surface area contributed by atoms with Gasteiger partial charge in [0, 0.05) is 17.0 Å². The number of para-hydroxylation sites is 1. The van der Waals surface area contributed by atoms with Crippen LogP contribution >= 0.6 is 11.3 Å². The van der Waals surface area contributed by atoms with Gasteiger partial charge < -0.3 is 10.3 Å². The first kappa shape index (κ1) is 14.9. The number of rotatable bonds is 3. The zero-order valence-electron chi connectivity index (χ0n) is 12.0. The van der Waals surface area contributed by atoms with E-state index in [0.717, 1.165) is 22.3 Å². The van der Waals surface area contributed by atoms with Crippen molar-refractivity contribution in [3.05, 3.63) is 67.3 Å². The minimum Gasteiger partial charge on any atom is -0.320 e. The maximum atomic E-state index is 12.3. The average Bonchev–Trinajstić information content (AvgIpc) is 2.93. The molecule has 3 rings (SSSR count). The molecule has 0 saturated heterocycles. The molecule has 0 spiro atoms. The molecule has 1 amide bonds. The van der Waals surface area contributed by atoms with Gasteiger partial charge in [-0.25, -0.2) is 9.78 Å². The van der Waals surface area contributed by atoms with Crippen LogP contribution in [0.2, 0.25) is 0 Å². The predicted molar refractivity (Wildman–Crippen MR) is 87.9 cm³/mol. The Hall–Kier alpha value is -3.00. The zero-order valence-corrected chi connectivity index (χ0v) is 12.9. The number of hydrogen-bond acceptors (Lipinski definition) is 5. The number of carbonyl (C=O) groups excluding carboxylic acids is 1. The number of benzene rings is 1. The summed E-state index contributed by atoms with van der Waals surface area (Å²) in [4.78, 5) is 43.5. The van der Waals surface area contributed by atoms with Crippen LogP contribution in [0.25, 0.3) is 11.3 Å². The van der Waals surface area contributed by atoms with Crippen molar-refractivity contribution in [2.45, 2.75) is 6.92 Å². The highest BCUT2D eigenvalue weighted by molar-refractivity contribution is 7.09. The van der Waals surface area contributed by atoms with Crippen molar-refractivity contribution in [1.29, 1.82) is 0 Å². The third-order valence-corrected chi connectivity index (χ3v) is 3.85. The molecule has 1 aromatic carbocycles. The average molecular weight is 328 g/mol. The highest BCUT2D eigenvalue weighted by atomic mass is 32.1. The summed E-state index contributed by atoms with van der Waals surface area (Å²) in [7, 11) is 0. The number of nitrogens with one attached hydrogen (secondary N) is 3. The smallest absolute Gasteiger partial charge is 0.320 e. The van der Waals surface area contributed by atoms with E-state index in [1.165, 1.54) is 11.3 Å². The normalized spacial score (nSPS) is 10.5. The van der Waals surface area contributed by atoms with Crippen molar-refractivity contribution in [3.8, 4) is 11.3 Å². The van der Waals surface area contributed by atoms with Gasteiger partial charge in [0.2, 0.25) is 0 Å². The highest BCUT2D eigenvalue weighted by Gasteiger charge is 2.13. The van der Waals surface area contributed by atoms with Crippen molar-refractivity contribution in [2.24, 2.45) is 0 Å². The number of carbonyl (C=O) groups is 1. The van der Waals surface area contributed by atoms with Gasteiger partial charge in [-0.1, -0.05) is 18.2 Å². The van der Waals surface area contributed by atoms with E-state index in [1.54, 1.807) is 12.1 Å². The second-order valence-electron chi connectivity index (χ2n) is 4.75. The summed E-state index contributed by atoms with van der Waals surface area (Å²) < 4.78 is 0. The summed E-state index contributed by atoms with van der Waals surface area (Å²) in [6, 6.07) is 8.22. The zero-order chi connectivity index (χ0) is 16.4. The van der Waals surface area contributed by atoms with Crippen molar-refractivity contribution < 1.29 is 4.79 Å². The van der Waals surface area contributed by atoms with Crippen molar-refractivity contribution in [3.63, 3.8) is 0 Å². The van der Waals surface area contributed by atoms with E-state index in [4.69, 9.17) is 0 Å². The lowest BCUT2D eigenvalue weighted by Crippen LogP contribution is -2.27. The van der Waals surface area contributed by atoms with Gasteiger partial charge in [-0.15, -0.1) is 11.3 Å². The maximum absolute atomic E-state index is 12.3. The number of thiazole rings is 1. The van der Waals surface area contributed by atoms with Gasteiger partial charge in [-0.05, 0) is 13.0 Å². The molecule has 0 unspecified atom stereocenters. The van der Waals surface area contributed by atoms with Gasteiger partial charge in [-0.3, -0.25) is 14.6 Å². The molecular formula is C15H12N4O3S. The van der Waals surface area contributed by atoms with Gasteiger partial charge >= 0.3 is 5.69 Å². The number of aromatic amines is 2. The van der Waals surface area contributed by atoms with Crippen molar-refractivity contribution in [1.82, 2.24) is 15.0 Å². The summed E-state index contributed by atoms with van der Waals surface area (Å²) in [6.45, 7) is 1.90. The van der Waals surface area contributed by atoms with Crippen LogP contribution in [0.3, 0.4) is 0 Å².